The summed E-state index contributed by atoms with van der Waals surface area (Å²) in [6.07, 6.45) is 0. The van der Waals surface area contributed by atoms with Crippen molar-refractivity contribution in [3.05, 3.63) is 81.1 Å². The first-order valence-corrected chi connectivity index (χ1v) is 12.1. The largest absolute Gasteiger partial charge is 0.493 e. The molecule has 0 bridgehead atoms. The van der Waals surface area contributed by atoms with Crippen LogP contribution >= 0.6 is 35.0 Å². The predicted octanol–water partition coefficient (Wildman–Crippen LogP) is 5.83. The minimum absolute atomic E-state index is 0.264. The lowest BCUT2D eigenvalue weighted by molar-refractivity contribution is -0.115. The van der Waals surface area contributed by atoms with Gasteiger partial charge in [-0.1, -0.05) is 47.1 Å². The van der Waals surface area contributed by atoms with Gasteiger partial charge in [0.2, 0.25) is 5.91 Å². The van der Waals surface area contributed by atoms with Crippen LogP contribution in [0.2, 0.25) is 10.0 Å². The number of nitrogens with zero attached hydrogens (tertiary/aromatic N) is 2. The molecule has 0 saturated heterocycles. The van der Waals surface area contributed by atoms with E-state index in [1.807, 2.05) is 6.07 Å². The normalized spacial score (nSPS) is 11.8. The van der Waals surface area contributed by atoms with Crippen LogP contribution in [-0.4, -0.2) is 34.9 Å². The number of nitrogens with one attached hydrogen (secondary N) is 1. The third-order valence-electron chi connectivity index (χ3n) is 5.15. The van der Waals surface area contributed by atoms with Crippen molar-refractivity contribution in [3.8, 4) is 17.2 Å². The summed E-state index contributed by atoms with van der Waals surface area (Å²) in [6.45, 7) is 1.73. The Balaban J connectivity index is 1.75. The predicted molar refractivity (Wildman–Crippen MR) is 141 cm³/mol. The van der Waals surface area contributed by atoms with Gasteiger partial charge in [-0.05, 0) is 49.4 Å². The molecule has 0 aliphatic rings. The molecule has 1 N–H and O–H groups in total. The lowest BCUT2D eigenvalue weighted by Gasteiger charge is -2.17. The van der Waals surface area contributed by atoms with Crippen molar-refractivity contribution in [2.45, 2.75) is 17.3 Å². The standard InChI is InChI=1S/C25H21Cl2N3O4S/c1-14(23(31)28-17-11-15(26)10-16(27)12-17)35-25-29-20-7-5-4-6-19(20)24(32)30(25)18-8-9-21(33-2)22(13-18)34-3/h4-14H,1-3H3,(H,28,31). The smallest absolute Gasteiger partial charge is 0.266 e. The van der Waals surface area contributed by atoms with Crippen LogP contribution in [0.3, 0.4) is 0 Å². The number of benzene rings is 3. The fourth-order valence-electron chi connectivity index (χ4n) is 3.46. The number of halogens is 2. The molecule has 35 heavy (non-hydrogen) atoms. The van der Waals surface area contributed by atoms with Crippen LogP contribution in [0.1, 0.15) is 6.92 Å². The molecule has 1 unspecified atom stereocenters. The minimum atomic E-state index is -0.604. The van der Waals surface area contributed by atoms with Gasteiger partial charge in [-0.25, -0.2) is 4.98 Å². The number of hydrogen-bond donors (Lipinski definition) is 1. The number of aromatic nitrogens is 2. The topological polar surface area (TPSA) is 82.5 Å². The minimum Gasteiger partial charge on any atom is -0.493 e. The SMILES string of the molecule is COc1ccc(-n2c(SC(C)C(=O)Nc3cc(Cl)cc(Cl)c3)nc3ccccc3c2=O)cc1OC. The molecule has 4 rings (SSSR count). The van der Waals surface area contributed by atoms with Crippen molar-refractivity contribution in [1.29, 1.82) is 0 Å². The third-order valence-corrected chi connectivity index (χ3v) is 6.64. The van der Waals surface area contributed by atoms with Crippen molar-refractivity contribution in [2.24, 2.45) is 0 Å². The monoisotopic (exact) mass is 529 g/mol. The number of rotatable bonds is 7. The second kappa shape index (κ2) is 10.6. The van der Waals surface area contributed by atoms with Crippen molar-refractivity contribution in [1.82, 2.24) is 9.55 Å². The van der Waals surface area contributed by atoms with E-state index in [2.05, 4.69) is 5.32 Å². The summed E-state index contributed by atoms with van der Waals surface area (Å²) in [6, 6.07) is 17.0. The number of amides is 1. The van der Waals surface area contributed by atoms with E-state index in [0.717, 1.165) is 11.8 Å². The van der Waals surface area contributed by atoms with Gasteiger partial charge in [0.1, 0.15) is 0 Å². The molecule has 10 heteroatoms. The van der Waals surface area contributed by atoms with Gasteiger partial charge in [0.05, 0.1) is 36.1 Å². The van der Waals surface area contributed by atoms with E-state index < -0.39 is 5.25 Å². The van der Waals surface area contributed by atoms with Crippen molar-refractivity contribution >= 4 is 57.5 Å². The number of fused-ring (bicyclic) bond motifs is 1. The Hall–Kier alpha value is -3.20. The number of thioether (sulfide) groups is 1. The maximum Gasteiger partial charge on any atom is 0.266 e. The average Bonchev–Trinajstić information content (AvgIpc) is 2.83. The van der Waals surface area contributed by atoms with Crippen molar-refractivity contribution in [3.63, 3.8) is 0 Å². The van der Waals surface area contributed by atoms with Gasteiger partial charge in [0.25, 0.3) is 5.56 Å². The summed E-state index contributed by atoms with van der Waals surface area (Å²) in [7, 11) is 3.06. The van der Waals surface area contributed by atoms with E-state index >= 15 is 0 Å². The number of methoxy groups -OCH3 is 2. The Labute approximate surface area is 216 Å². The molecule has 4 aromatic rings. The summed E-state index contributed by atoms with van der Waals surface area (Å²) < 4.78 is 12.2. The number of para-hydroxylation sites is 1. The third kappa shape index (κ3) is 5.40. The van der Waals surface area contributed by atoms with E-state index in [1.165, 1.54) is 18.8 Å². The first-order valence-electron chi connectivity index (χ1n) is 10.5. The molecule has 1 aromatic heterocycles. The summed E-state index contributed by atoms with van der Waals surface area (Å²) >= 11 is 13.2. The van der Waals surface area contributed by atoms with E-state index in [4.69, 9.17) is 37.7 Å². The molecule has 0 spiro atoms. The van der Waals surface area contributed by atoms with E-state index in [9.17, 15) is 9.59 Å². The van der Waals surface area contributed by atoms with Gasteiger partial charge in [0.15, 0.2) is 16.7 Å². The molecule has 180 valence electrons. The van der Waals surface area contributed by atoms with Gasteiger partial charge >= 0.3 is 0 Å². The summed E-state index contributed by atoms with van der Waals surface area (Å²) in [5, 5.41) is 3.83. The molecule has 0 aliphatic carbocycles. The fourth-order valence-corrected chi connectivity index (χ4v) is 4.92. The Kier molecular flexibility index (Phi) is 7.54. The maximum atomic E-state index is 13.5. The highest BCUT2D eigenvalue weighted by molar-refractivity contribution is 8.00. The lowest BCUT2D eigenvalue weighted by Crippen LogP contribution is -2.26. The molecular formula is C25H21Cl2N3O4S. The lowest BCUT2D eigenvalue weighted by atomic mass is 10.2. The Morgan fingerprint density at radius 1 is 1.00 bits per heavy atom. The Morgan fingerprint density at radius 2 is 1.69 bits per heavy atom. The van der Waals surface area contributed by atoms with E-state index in [-0.39, 0.29) is 11.5 Å². The van der Waals surface area contributed by atoms with Gasteiger partial charge in [-0.15, -0.1) is 0 Å². The highest BCUT2D eigenvalue weighted by atomic mass is 35.5. The number of carbonyl (C=O) groups excluding carboxylic acids is 1. The molecule has 0 saturated carbocycles. The zero-order valence-electron chi connectivity index (χ0n) is 19.0. The molecule has 0 radical (unpaired) electrons. The Bertz CT molecular complexity index is 1460. The van der Waals surface area contributed by atoms with Crippen LogP contribution in [0.4, 0.5) is 5.69 Å². The fraction of sp³-hybridized carbons (Fsp3) is 0.160. The summed E-state index contributed by atoms with van der Waals surface area (Å²) in [5.41, 5.74) is 1.27. The highest BCUT2D eigenvalue weighted by Crippen LogP contribution is 2.32. The number of anilines is 1. The van der Waals surface area contributed by atoms with Crippen LogP contribution in [0.5, 0.6) is 11.5 Å². The van der Waals surface area contributed by atoms with Crippen LogP contribution in [0, 0.1) is 0 Å². The number of ether oxygens (including phenoxy) is 2. The second-order valence-electron chi connectivity index (χ2n) is 7.50. The summed E-state index contributed by atoms with van der Waals surface area (Å²) in [4.78, 5) is 31.2. The van der Waals surface area contributed by atoms with E-state index in [0.29, 0.717) is 49.0 Å². The molecule has 0 aliphatic heterocycles. The zero-order chi connectivity index (χ0) is 25.1. The first kappa shape index (κ1) is 24.9. The number of hydrogen-bond acceptors (Lipinski definition) is 6. The number of carbonyl (C=O) groups is 1. The maximum absolute atomic E-state index is 13.5. The van der Waals surface area contributed by atoms with Crippen molar-refractivity contribution in [2.75, 3.05) is 19.5 Å². The quantitative estimate of drug-likeness (QED) is 0.239. The van der Waals surface area contributed by atoms with Crippen molar-refractivity contribution < 1.29 is 14.3 Å². The average molecular weight is 530 g/mol. The molecule has 1 amide bonds. The molecule has 3 aromatic carbocycles. The van der Waals surface area contributed by atoms with Gasteiger partial charge in [0, 0.05) is 21.8 Å². The highest BCUT2D eigenvalue weighted by Gasteiger charge is 2.21. The van der Waals surface area contributed by atoms with Crippen LogP contribution in [-0.2, 0) is 4.79 Å². The van der Waals surface area contributed by atoms with Crippen LogP contribution < -0.4 is 20.3 Å². The summed E-state index contributed by atoms with van der Waals surface area (Å²) in [5.74, 6) is 0.694. The second-order valence-corrected chi connectivity index (χ2v) is 9.68. The van der Waals surface area contributed by atoms with Crippen LogP contribution in [0.15, 0.2) is 70.6 Å². The molecule has 1 heterocycles. The van der Waals surface area contributed by atoms with Gasteiger partial charge < -0.3 is 14.8 Å². The molecule has 0 fully saturated rings. The van der Waals surface area contributed by atoms with E-state index in [1.54, 1.807) is 61.5 Å². The molecule has 7 nitrogen and oxygen atoms in total. The Morgan fingerprint density at radius 3 is 2.37 bits per heavy atom. The van der Waals surface area contributed by atoms with Gasteiger partial charge in [-0.3, -0.25) is 14.2 Å². The van der Waals surface area contributed by atoms with Crippen LogP contribution in [0.25, 0.3) is 16.6 Å². The first-order chi connectivity index (χ1) is 16.8. The van der Waals surface area contributed by atoms with Gasteiger partial charge in [-0.2, -0.15) is 0 Å². The molecular weight excluding hydrogens is 509 g/mol. The zero-order valence-corrected chi connectivity index (χ0v) is 21.4. The molecule has 1 atom stereocenters.